The number of hydrogen-bond donors (Lipinski definition) is 1. The van der Waals surface area contributed by atoms with Gasteiger partial charge < -0.3 is 15.1 Å². The molecule has 0 saturated carbocycles. The second kappa shape index (κ2) is 5.31. The Labute approximate surface area is 101 Å². The van der Waals surface area contributed by atoms with E-state index in [4.69, 9.17) is 10.2 Å². The number of rotatable bonds is 3. The molecule has 1 saturated heterocycles. The Hall–Kier alpha value is -1.36. The molecule has 0 aromatic carbocycles. The Kier molecular flexibility index (Phi) is 3.78. The molecule has 1 fully saturated rings. The molecule has 17 heavy (non-hydrogen) atoms. The normalized spacial score (nSPS) is 20.6. The summed E-state index contributed by atoms with van der Waals surface area (Å²) in [5.74, 6) is 0.862. The fourth-order valence-electron chi connectivity index (χ4n) is 2.37. The van der Waals surface area contributed by atoms with Gasteiger partial charge in [0.1, 0.15) is 0 Å². The number of carbonyl (C=O) groups is 1. The molecule has 0 bridgehead atoms. The van der Waals surface area contributed by atoms with Crippen LogP contribution in [0.1, 0.15) is 35.5 Å². The van der Waals surface area contributed by atoms with E-state index in [1.165, 1.54) is 6.39 Å². The third-order valence-corrected chi connectivity index (χ3v) is 3.32. The summed E-state index contributed by atoms with van der Waals surface area (Å²) in [4.78, 5) is 18.0. The zero-order chi connectivity index (χ0) is 12.3. The predicted molar refractivity (Wildman–Crippen MR) is 63.5 cm³/mol. The lowest BCUT2D eigenvalue weighted by molar-refractivity contribution is 0.0636. The monoisotopic (exact) mass is 237 g/mol. The summed E-state index contributed by atoms with van der Waals surface area (Å²) >= 11 is 0. The number of likely N-dealkylation sites (tertiary alicyclic amines) is 1. The molecule has 0 aliphatic carbocycles. The highest BCUT2D eigenvalue weighted by Crippen LogP contribution is 2.21. The van der Waals surface area contributed by atoms with Crippen molar-refractivity contribution in [1.29, 1.82) is 0 Å². The van der Waals surface area contributed by atoms with E-state index in [0.29, 0.717) is 23.9 Å². The van der Waals surface area contributed by atoms with Crippen molar-refractivity contribution in [3.05, 3.63) is 17.8 Å². The fraction of sp³-hybridized carbons (Fsp3) is 0.667. The lowest BCUT2D eigenvalue weighted by Gasteiger charge is -2.32. The van der Waals surface area contributed by atoms with Gasteiger partial charge in [0.05, 0.1) is 5.69 Å². The molecule has 1 amide bonds. The van der Waals surface area contributed by atoms with Gasteiger partial charge in [-0.3, -0.25) is 4.79 Å². The first kappa shape index (κ1) is 12.1. The van der Waals surface area contributed by atoms with Gasteiger partial charge in [-0.2, -0.15) is 0 Å². The van der Waals surface area contributed by atoms with Crippen molar-refractivity contribution in [1.82, 2.24) is 9.88 Å². The maximum atomic E-state index is 12.2. The summed E-state index contributed by atoms with van der Waals surface area (Å²) < 4.78 is 5.15. The minimum Gasteiger partial charge on any atom is -0.438 e. The predicted octanol–water partition coefficient (Wildman–Crippen LogP) is 1.18. The highest BCUT2D eigenvalue weighted by molar-refractivity contribution is 5.92. The van der Waals surface area contributed by atoms with Crippen molar-refractivity contribution in [2.75, 3.05) is 19.6 Å². The van der Waals surface area contributed by atoms with Crippen molar-refractivity contribution >= 4 is 5.91 Å². The summed E-state index contributed by atoms with van der Waals surface area (Å²) in [6.07, 6.45) is 4.52. The summed E-state index contributed by atoms with van der Waals surface area (Å²) in [6.45, 7) is 4.07. The summed E-state index contributed by atoms with van der Waals surface area (Å²) in [7, 11) is 0. The first-order valence-electron chi connectivity index (χ1n) is 6.11. The summed E-state index contributed by atoms with van der Waals surface area (Å²) in [5.41, 5.74) is 6.23. The first-order chi connectivity index (χ1) is 8.22. The zero-order valence-electron chi connectivity index (χ0n) is 10.2. The topological polar surface area (TPSA) is 72.4 Å². The molecular formula is C12H19N3O2. The minimum absolute atomic E-state index is 0.0401. The van der Waals surface area contributed by atoms with Gasteiger partial charge in [-0.15, -0.1) is 0 Å². The maximum absolute atomic E-state index is 12.2. The van der Waals surface area contributed by atoms with E-state index in [9.17, 15) is 4.79 Å². The second-order valence-electron chi connectivity index (χ2n) is 4.60. The van der Waals surface area contributed by atoms with Crippen LogP contribution in [0, 0.1) is 12.8 Å². The number of hydrogen-bond acceptors (Lipinski definition) is 4. The molecule has 1 unspecified atom stereocenters. The van der Waals surface area contributed by atoms with Crippen molar-refractivity contribution in [3.8, 4) is 0 Å². The van der Waals surface area contributed by atoms with E-state index in [2.05, 4.69) is 4.98 Å². The van der Waals surface area contributed by atoms with E-state index in [0.717, 1.165) is 32.4 Å². The number of nitrogens with two attached hydrogens (primary N) is 1. The molecule has 2 heterocycles. The van der Waals surface area contributed by atoms with Crippen molar-refractivity contribution in [2.24, 2.45) is 11.7 Å². The molecule has 1 atom stereocenters. The van der Waals surface area contributed by atoms with Crippen LogP contribution in [0.15, 0.2) is 10.8 Å². The van der Waals surface area contributed by atoms with Crippen LogP contribution >= 0.6 is 0 Å². The molecule has 0 radical (unpaired) electrons. The Bertz CT molecular complexity index is 387. The van der Waals surface area contributed by atoms with Crippen LogP contribution in [0.3, 0.4) is 0 Å². The van der Waals surface area contributed by atoms with E-state index in [1.54, 1.807) is 6.92 Å². The van der Waals surface area contributed by atoms with Crippen LogP contribution in [0.2, 0.25) is 0 Å². The Balaban J connectivity index is 2.02. The molecule has 2 N–H and O–H groups in total. The van der Waals surface area contributed by atoms with Crippen LogP contribution < -0.4 is 5.73 Å². The number of nitrogens with zero attached hydrogens (tertiary/aromatic N) is 2. The van der Waals surface area contributed by atoms with Crippen LogP contribution in [-0.4, -0.2) is 35.4 Å². The van der Waals surface area contributed by atoms with Gasteiger partial charge in [-0.25, -0.2) is 4.98 Å². The van der Waals surface area contributed by atoms with Gasteiger partial charge in [-0.1, -0.05) is 0 Å². The van der Waals surface area contributed by atoms with Crippen molar-refractivity contribution in [3.63, 3.8) is 0 Å². The molecule has 1 aromatic rings. The molecule has 1 aliphatic rings. The third-order valence-electron chi connectivity index (χ3n) is 3.32. The SMILES string of the molecule is Cc1ncoc1C(=O)N1CCCC(CCN)C1. The van der Waals surface area contributed by atoms with Crippen molar-refractivity contribution < 1.29 is 9.21 Å². The number of aromatic nitrogens is 1. The molecule has 1 aromatic heterocycles. The van der Waals surface area contributed by atoms with Crippen LogP contribution in [0.4, 0.5) is 0 Å². The summed E-state index contributed by atoms with van der Waals surface area (Å²) in [5, 5.41) is 0. The van der Waals surface area contributed by atoms with Crippen LogP contribution in [-0.2, 0) is 0 Å². The van der Waals surface area contributed by atoms with Crippen molar-refractivity contribution in [2.45, 2.75) is 26.2 Å². The van der Waals surface area contributed by atoms with Gasteiger partial charge in [-0.05, 0) is 38.6 Å². The number of carbonyl (C=O) groups excluding carboxylic acids is 1. The average molecular weight is 237 g/mol. The maximum Gasteiger partial charge on any atom is 0.291 e. The largest absolute Gasteiger partial charge is 0.438 e. The quantitative estimate of drug-likeness (QED) is 0.857. The molecular weight excluding hydrogens is 218 g/mol. The molecule has 94 valence electrons. The average Bonchev–Trinajstić information content (AvgIpc) is 2.75. The van der Waals surface area contributed by atoms with E-state index in [1.807, 2.05) is 4.90 Å². The van der Waals surface area contributed by atoms with E-state index in [-0.39, 0.29) is 5.91 Å². The van der Waals surface area contributed by atoms with Crippen LogP contribution in [0.5, 0.6) is 0 Å². The smallest absolute Gasteiger partial charge is 0.291 e. The van der Waals surface area contributed by atoms with Gasteiger partial charge in [0.25, 0.3) is 5.91 Å². The Morgan fingerprint density at radius 2 is 2.53 bits per heavy atom. The lowest BCUT2D eigenvalue weighted by Crippen LogP contribution is -2.40. The Morgan fingerprint density at radius 3 is 3.18 bits per heavy atom. The van der Waals surface area contributed by atoms with E-state index >= 15 is 0 Å². The molecule has 1 aliphatic heterocycles. The first-order valence-corrected chi connectivity index (χ1v) is 6.11. The molecule has 2 rings (SSSR count). The van der Waals surface area contributed by atoms with E-state index < -0.39 is 0 Å². The number of oxazole rings is 1. The highest BCUT2D eigenvalue weighted by Gasteiger charge is 2.26. The summed E-state index contributed by atoms with van der Waals surface area (Å²) in [6, 6.07) is 0. The lowest BCUT2D eigenvalue weighted by atomic mass is 9.94. The van der Waals surface area contributed by atoms with Crippen LogP contribution in [0.25, 0.3) is 0 Å². The fourth-order valence-corrected chi connectivity index (χ4v) is 2.37. The second-order valence-corrected chi connectivity index (χ2v) is 4.60. The standard InChI is InChI=1S/C12H19N3O2/c1-9-11(17-8-14-9)12(16)15-6-2-3-10(7-15)4-5-13/h8,10H,2-7,13H2,1H3. The van der Waals surface area contributed by atoms with Gasteiger partial charge in [0.2, 0.25) is 5.76 Å². The highest BCUT2D eigenvalue weighted by atomic mass is 16.3. The van der Waals surface area contributed by atoms with Gasteiger partial charge >= 0.3 is 0 Å². The number of aryl methyl sites for hydroxylation is 1. The Morgan fingerprint density at radius 1 is 1.71 bits per heavy atom. The van der Waals surface area contributed by atoms with Gasteiger partial charge in [0.15, 0.2) is 6.39 Å². The zero-order valence-corrected chi connectivity index (χ0v) is 10.2. The van der Waals surface area contributed by atoms with Gasteiger partial charge in [0, 0.05) is 13.1 Å². The number of piperidine rings is 1. The minimum atomic E-state index is -0.0401. The molecule has 5 nitrogen and oxygen atoms in total. The number of amides is 1. The molecule has 5 heteroatoms. The molecule has 0 spiro atoms. The third kappa shape index (κ3) is 2.66.